The van der Waals surface area contributed by atoms with Crippen LogP contribution in [-0.4, -0.2) is 28.5 Å². The summed E-state index contributed by atoms with van der Waals surface area (Å²) < 4.78 is 13.0. The molecule has 0 aliphatic heterocycles. The Bertz CT molecular complexity index is 739. The zero-order valence-corrected chi connectivity index (χ0v) is 11.2. The van der Waals surface area contributed by atoms with E-state index in [1.54, 1.807) is 20.4 Å². The van der Waals surface area contributed by atoms with E-state index >= 15 is 0 Å². The molecule has 6 nitrogen and oxygen atoms in total. The van der Waals surface area contributed by atoms with E-state index in [0.717, 1.165) is 0 Å². The molecule has 0 atom stereocenters. The molecule has 0 aliphatic rings. The van der Waals surface area contributed by atoms with Gasteiger partial charge in [0.1, 0.15) is 5.82 Å². The van der Waals surface area contributed by atoms with E-state index in [0.29, 0.717) is 28.8 Å². The van der Waals surface area contributed by atoms with Crippen molar-refractivity contribution in [1.82, 2.24) is 14.4 Å². The van der Waals surface area contributed by atoms with E-state index in [9.17, 15) is 0 Å². The molecule has 6 heteroatoms. The number of para-hydroxylation sites is 2. The van der Waals surface area contributed by atoms with E-state index in [2.05, 4.69) is 15.3 Å². The lowest BCUT2D eigenvalue weighted by molar-refractivity contribution is 0.375. The van der Waals surface area contributed by atoms with Gasteiger partial charge in [0.25, 0.3) is 5.88 Å². The molecule has 0 saturated carbocycles. The van der Waals surface area contributed by atoms with E-state index in [1.165, 1.54) is 0 Å². The molecule has 0 amide bonds. The van der Waals surface area contributed by atoms with Crippen molar-refractivity contribution in [3.05, 3.63) is 42.9 Å². The van der Waals surface area contributed by atoms with E-state index in [4.69, 9.17) is 9.47 Å². The Balaban J connectivity index is 2.07. The number of ether oxygens (including phenoxy) is 2. The number of imidazole rings is 1. The molecule has 0 radical (unpaired) electrons. The van der Waals surface area contributed by atoms with Crippen molar-refractivity contribution in [2.75, 3.05) is 19.5 Å². The van der Waals surface area contributed by atoms with Gasteiger partial charge in [0.05, 0.1) is 13.3 Å². The Morgan fingerprint density at radius 2 is 2.00 bits per heavy atom. The van der Waals surface area contributed by atoms with Gasteiger partial charge in [0.2, 0.25) is 5.65 Å². The van der Waals surface area contributed by atoms with Crippen LogP contribution < -0.4 is 14.8 Å². The molecule has 0 aliphatic carbocycles. The average Bonchev–Trinajstić information content (AvgIpc) is 2.96. The van der Waals surface area contributed by atoms with Gasteiger partial charge in [-0.25, -0.2) is 4.98 Å². The molecule has 102 valence electrons. The smallest absolute Gasteiger partial charge is 0.265 e. The summed E-state index contributed by atoms with van der Waals surface area (Å²) in [6.45, 7) is 0. The minimum Gasteiger partial charge on any atom is -0.493 e. The fourth-order valence-corrected chi connectivity index (χ4v) is 1.90. The van der Waals surface area contributed by atoms with Crippen molar-refractivity contribution in [3.8, 4) is 17.4 Å². The zero-order chi connectivity index (χ0) is 13.9. The molecule has 1 aromatic carbocycles. The summed E-state index contributed by atoms with van der Waals surface area (Å²) >= 11 is 0. The molecule has 2 aromatic heterocycles. The van der Waals surface area contributed by atoms with E-state index in [-0.39, 0.29) is 0 Å². The molecule has 20 heavy (non-hydrogen) atoms. The van der Waals surface area contributed by atoms with Crippen molar-refractivity contribution in [3.63, 3.8) is 0 Å². The topological polar surface area (TPSA) is 60.7 Å². The maximum atomic E-state index is 5.86. The molecule has 0 unspecified atom stereocenters. The first-order valence-electron chi connectivity index (χ1n) is 6.14. The van der Waals surface area contributed by atoms with Crippen LogP contribution in [0.3, 0.4) is 0 Å². The van der Waals surface area contributed by atoms with Crippen LogP contribution in [0.2, 0.25) is 0 Å². The minimum atomic E-state index is 0.423. The van der Waals surface area contributed by atoms with Crippen molar-refractivity contribution in [2.24, 2.45) is 0 Å². The van der Waals surface area contributed by atoms with Crippen LogP contribution in [0.5, 0.6) is 17.4 Å². The fraction of sp³-hybridized carbons (Fsp3) is 0.143. The van der Waals surface area contributed by atoms with Crippen molar-refractivity contribution in [1.29, 1.82) is 0 Å². The van der Waals surface area contributed by atoms with Crippen LogP contribution in [0.25, 0.3) is 5.65 Å². The molecular weight excluding hydrogens is 256 g/mol. The minimum absolute atomic E-state index is 0.423. The number of benzene rings is 1. The Morgan fingerprint density at radius 1 is 1.20 bits per heavy atom. The fourth-order valence-electron chi connectivity index (χ4n) is 1.90. The van der Waals surface area contributed by atoms with Crippen LogP contribution in [0.4, 0.5) is 5.82 Å². The van der Waals surface area contributed by atoms with Crippen LogP contribution in [0.15, 0.2) is 42.9 Å². The van der Waals surface area contributed by atoms with Crippen LogP contribution >= 0.6 is 0 Å². The standard InChI is InChI=1S/C14H14N4O2/c1-15-12-9-18-8-7-16-13(18)14(17-12)20-11-6-4-3-5-10(11)19-2/h3-9,15H,1-2H3. The molecular formula is C14H14N4O2. The zero-order valence-electron chi connectivity index (χ0n) is 11.2. The molecule has 0 spiro atoms. The second-order valence-corrected chi connectivity index (χ2v) is 4.09. The molecule has 3 aromatic rings. The summed E-state index contributed by atoms with van der Waals surface area (Å²) in [6.07, 6.45) is 5.38. The van der Waals surface area contributed by atoms with Gasteiger partial charge in [-0.2, -0.15) is 4.98 Å². The quantitative estimate of drug-likeness (QED) is 0.789. The molecule has 3 rings (SSSR count). The highest BCUT2D eigenvalue weighted by molar-refractivity contribution is 5.56. The second-order valence-electron chi connectivity index (χ2n) is 4.09. The highest BCUT2D eigenvalue weighted by atomic mass is 16.5. The lowest BCUT2D eigenvalue weighted by atomic mass is 10.3. The molecule has 0 fully saturated rings. The summed E-state index contributed by atoms with van der Waals surface area (Å²) in [5.41, 5.74) is 0.648. The molecule has 1 N–H and O–H groups in total. The first-order chi connectivity index (χ1) is 9.81. The van der Waals surface area contributed by atoms with E-state index < -0.39 is 0 Å². The van der Waals surface area contributed by atoms with Crippen molar-refractivity contribution < 1.29 is 9.47 Å². The monoisotopic (exact) mass is 270 g/mol. The highest BCUT2D eigenvalue weighted by Crippen LogP contribution is 2.32. The third-order valence-corrected chi connectivity index (χ3v) is 2.88. The highest BCUT2D eigenvalue weighted by Gasteiger charge is 2.11. The van der Waals surface area contributed by atoms with Gasteiger partial charge in [-0.1, -0.05) is 12.1 Å². The summed E-state index contributed by atoms with van der Waals surface area (Å²) in [5.74, 6) is 2.36. The Kier molecular flexibility index (Phi) is 3.12. The van der Waals surface area contributed by atoms with Gasteiger partial charge in [-0.05, 0) is 12.1 Å². The first-order valence-corrected chi connectivity index (χ1v) is 6.14. The SMILES string of the molecule is CNc1cn2ccnc2c(Oc2ccccc2OC)n1. The first kappa shape index (κ1) is 12.3. The van der Waals surface area contributed by atoms with Crippen LogP contribution in [0.1, 0.15) is 0 Å². The van der Waals surface area contributed by atoms with Crippen LogP contribution in [0, 0.1) is 0 Å². The number of hydrogen-bond donors (Lipinski definition) is 1. The van der Waals surface area contributed by atoms with Gasteiger partial charge < -0.3 is 14.8 Å². The molecule has 0 bridgehead atoms. The second kappa shape index (κ2) is 5.08. The normalized spacial score (nSPS) is 10.5. The molecule has 2 heterocycles. The van der Waals surface area contributed by atoms with Crippen molar-refractivity contribution >= 4 is 11.5 Å². The van der Waals surface area contributed by atoms with Crippen molar-refractivity contribution in [2.45, 2.75) is 0 Å². The maximum Gasteiger partial charge on any atom is 0.265 e. The number of nitrogens with zero attached hydrogens (tertiary/aromatic N) is 3. The number of methoxy groups -OCH3 is 1. The summed E-state index contributed by atoms with van der Waals surface area (Å²) in [4.78, 5) is 8.64. The third-order valence-electron chi connectivity index (χ3n) is 2.88. The number of anilines is 1. The lowest BCUT2D eigenvalue weighted by Gasteiger charge is -2.11. The van der Waals surface area contributed by atoms with Gasteiger partial charge in [-0.15, -0.1) is 0 Å². The average molecular weight is 270 g/mol. The number of aromatic nitrogens is 3. The van der Waals surface area contributed by atoms with Gasteiger partial charge in [-0.3, -0.25) is 4.40 Å². The number of fused-ring (bicyclic) bond motifs is 1. The van der Waals surface area contributed by atoms with Crippen LogP contribution in [-0.2, 0) is 0 Å². The summed E-state index contributed by atoms with van der Waals surface area (Å²) in [5, 5.41) is 2.99. The number of rotatable bonds is 4. The summed E-state index contributed by atoms with van der Waals surface area (Å²) in [7, 11) is 3.41. The number of hydrogen-bond acceptors (Lipinski definition) is 5. The maximum absolute atomic E-state index is 5.86. The van der Waals surface area contributed by atoms with Gasteiger partial charge >= 0.3 is 0 Å². The third kappa shape index (κ3) is 2.11. The predicted octanol–water partition coefficient (Wildman–Crippen LogP) is 2.57. The number of nitrogens with one attached hydrogen (secondary N) is 1. The van der Waals surface area contributed by atoms with Gasteiger partial charge in [0, 0.05) is 19.4 Å². The predicted molar refractivity (Wildman–Crippen MR) is 75.6 cm³/mol. The van der Waals surface area contributed by atoms with E-state index in [1.807, 2.05) is 41.1 Å². The summed E-state index contributed by atoms with van der Waals surface area (Å²) in [6, 6.07) is 7.42. The molecule has 0 saturated heterocycles. The Labute approximate surface area is 116 Å². The van der Waals surface area contributed by atoms with Gasteiger partial charge in [0.15, 0.2) is 11.5 Å². The Hall–Kier alpha value is -2.76. The Morgan fingerprint density at radius 3 is 2.75 bits per heavy atom. The largest absolute Gasteiger partial charge is 0.493 e. The lowest BCUT2D eigenvalue weighted by Crippen LogP contribution is -2.00.